The van der Waals surface area contributed by atoms with E-state index in [9.17, 15) is 14.7 Å². The number of hydrogen-bond acceptors (Lipinski definition) is 7. The SMILES string of the molecule is CCCCCOc1ccc(C2/C(=C(\O)c3ccc4c(c3)CC(C)O4)C(=O)C(=O)N2CCCN(C)C)cc1OC. The van der Waals surface area contributed by atoms with Crippen molar-refractivity contribution in [3.8, 4) is 17.2 Å². The Balaban J connectivity index is 1.74. The van der Waals surface area contributed by atoms with E-state index in [2.05, 4.69) is 6.92 Å². The summed E-state index contributed by atoms with van der Waals surface area (Å²) >= 11 is 0. The first kappa shape index (κ1) is 28.5. The molecule has 8 heteroatoms. The molecule has 2 aromatic rings. The van der Waals surface area contributed by atoms with Crippen LogP contribution < -0.4 is 14.2 Å². The van der Waals surface area contributed by atoms with Crippen LogP contribution in [0.5, 0.6) is 17.2 Å². The van der Waals surface area contributed by atoms with Gasteiger partial charge in [0.2, 0.25) is 0 Å². The van der Waals surface area contributed by atoms with Crippen LogP contribution >= 0.6 is 0 Å². The molecule has 1 amide bonds. The monoisotopic (exact) mass is 536 g/mol. The molecular formula is C31H40N2O6. The van der Waals surface area contributed by atoms with Crippen molar-refractivity contribution in [3.63, 3.8) is 0 Å². The normalized spacial score (nSPS) is 19.9. The molecule has 0 radical (unpaired) electrons. The summed E-state index contributed by atoms with van der Waals surface area (Å²) in [7, 11) is 5.50. The van der Waals surface area contributed by atoms with Gasteiger partial charge in [0.1, 0.15) is 17.6 Å². The third-order valence-corrected chi connectivity index (χ3v) is 7.22. The van der Waals surface area contributed by atoms with Crippen molar-refractivity contribution >= 4 is 17.4 Å². The highest BCUT2D eigenvalue weighted by Gasteiger charge is 2.46. The van der Waals surface area contributed by atoms with Gasteiger partial charge in [0, 0.05) is 18.5 Å². The maximum Gasteiger partial charge on any atom is 0.295 e. The number of ketones is 1. The van der Waals surface area contributed by atoms with E-state index in [1.54, 1.807) is 24.1 Å². The van der Waals surface area contributed by atoms with Crippen LogP contribution in [0.4, 0.5) is 0 Å². The van der Waals surface area contributed by atoms with Crippen molar-refractivity contribution in [1.82, 2.24) is 9.80 Å². The minimum Gasteiger partial charge on any atom is -0.507 e. The molecule has 2 aromatic carbocycles. The molecule has 2 aliphatic heterocycles. The number of carbonyl (C=O) groups is 2. The van der Waals surface area contributed by atoms with Crippen LogP contribution in [-0.4, -0.2) is 73.6 Å². The number of amides is 1. The fourth-order valence-corrected chi connectivity index (χ4v) is 5.25. The highest BCUT2D eigenvalue weighted by Crippen LogP contribution is 2.43. The van der Waals surface area contributed by atoms with Crippen LogP contribution in [0.25, 0.3) is 5.76 Å². The number of aliphatic hydroxyl groups is 1. The van der Waals surface area contributed by atoms with Crippen LogP contribution in [0.15, 0.2) is 42.0 Å². The lowest BCUT2D eigenvalue weighted by Gasteiger charge is -2.26. The number of carbonyl (C=O) groups excluding carboxylic acids is 2. The number of fused-ring (bicyclic) bond motifs is 1. The lowest BCUT2D eigenvalue weighted by molar-refractivity contribution is -0.139. The summed E-state index contributed by atoms with van der Waals surface area (Å²) in [5.41, 5.74) is 2.21. The van der Waals surface area contributed by atoms with Gasteiger partial charge in [-0.25, -0.2) is 0 Å². The van der Waals surface area contributed by atoms with Crippen molar-refractivity contribution in [2.24, 2.45) is 0 Å². The maximum atomic E-state index is 13.4. The summed E-state index contributed by atoms with van der Waals surface area (Å²) in [5, 5.41) is 11.5. The van der Waals surface area contributed by atoms with Crippen LogP contribution in [0, 0.1) is 0 Å². The van der Waals surface area contributed by atoms with Crippen LogP contribution in [0.2, 0.25) is 0 Å². The van der Waals surface area contributed by atoms with Crippen molar-refractivity contribution in [2.75, 3.05) is 40.9 Å². The largest absolute Gasteiger partial charge is 0.507 e. The molecule has 2 aliphatic rings. The second kappa shape index (κ2) is 12.6. The summed E-state index contributed by atoms with van der Waals surface area (Å²) in [6.45, 7) is 5.84. The Bertz CT molecular complexity index is 1240. The zero-order valence-electron chi connectivity index (χ0n) is 23.7. The van der Waals surface area contributed by atoms with Gasteiger partial charge in [0.05, 0.1) is 25.3 Å². The van der Waals surface area contributed by atoms with Crippen LogP contribution in [-0.2, 0) is 16.0 Å². The molecule has 0 aliphatic carbocycles. The molecule has 0 saturated carbocycles. The van der Waals surface area contributed by atoms with Gasteiger partial charge in [-0.1, -0.05) is 25.8 Å². The summed E-state index contributed by atoms with van der Waals surface area (Å²) < 4.78 is 17.4. The Labute approximate surface area is 231 Å². The Morgan fingerprint density at radius 2 is 1.90 bits per heavy atom. The lowest BCUT2D eigenvalue weighted by Crippen LogP contribution is -2.32. The summed E-state index contributed by atoms with van der Waals surface area (Å²) in [4.78, 5) is 30.3. The summed E-state index contributed by atoms with van der Waals surface area (Å²) in [6, 6.07) is 10.1. The number of unbranched alkanes of at least 4 members (excludes halogenated alkanes) is 2. The molecule has 8 nitrogen and oxygen atoms in total. The molecular weight excluding hydrogens is 496 g/mol. The zero-order chi connectivity index (χ0) is 28.1. The number of hydrogen-bond donors (Lipinski definition) is 1. The van der Waals surface area contributed by atoms with Crippen molar-refractivity contribution < 1.29 is 28.9 Å². The summed E-state index contributed by atoms with van der Waals surface area (Å²) in [5.74, 6) is 0.415. The molecule has 39 heavy (non-hydrogen) atoms. The minimum atomic E-state index is -0.751. The molecule has 210 valence electrons. The molecule has 0 spiro atoms. The van der Waals surface area contributed by atoms with Crippen molar-refractivity contribution in [2.45, 2.75) is 58.1 Å². The predicted octanol–water partition coefficient (Wildman–Crippen LogP) is 4.96. The van der Waals surface area contributed by atoms with Gasteiger partial charge in [-0.15, -0.1) is 0 Å². The van der Waals surface area contributed by atoms with Gasteiger partial charge in [0.25, 0.3) is 11.7 Å². The minimum absolute atomic E-state index is 0.0508. The molecule has 1 fully saturated rings. The van der Waals surface area contributed by atoms with Gasteiger partial charge in [0.15, 0.2) is 11.5 Å². The standard InChI is InChI=1S/C31H40N2O6/c1-6-7-8-16-38-25-13-10-21(19-26(25)37-5)28-27(30(35)31(36)33(28)15-9-14-32(3)4)29(34)22-11-12-24-23(18-22)17-20(2)39-24/h10-13,18-20,28,34H,6-9,14-17H2,1-5H3/b29-27+. The fourth-order valence-electron chi connectivity index (χ4n) is 5.25. The third kappa shape index (κ3) is 6.22. The average Bonchev–Trinajstić information content (AvgIpc) is 3.41. The maximum absolute atomic E-state index is 13.4. The molecule has 4 rings (SSSR count). The van der Waals surface area contributed by atoms with E-state index in [0.717, 1.165) is 43.5 Å². The first-order valence-electron chi connectivity index (χ1n) is 13.8. The molecule has 2 atom stereocenters. The van der Waals surface area contributed by atoms with Crippen molar-refractivity contribution in [3.05, 3.63) is 58.7 Å². The number of aliphatic hydroxyl groups excluding tert-OH is 1. The molecule has 0 bridgehead atoms. The van der Waals surface area contributed by atoms with Gasteiger partial charge in [-0.05, 0) is 81.9 Å². The van der Waals surface area contributed by atoms with Crippen LogP contribution in [0.3, 0.4) is 0 Å². The third-order valence-electron chi connectivity index (χ3n) is 7.22. The van der Waals surface area contributed by atoms with E-state index in [1.165, 1.54) is 0 Å². The molecule has 2 unspecified atom stereocenters. The fraction of sp³-hybridized carbons (Fsp3) is 0.484. The zero-order valence-corrected chi connectivity index (χ0v) is 23.7. The van der Waals surface area contributed by atoms with E-state index in [4.69, 9.17) is 14.2 Å². The Morgan fingerprint density at radius 1 is 1.10 bits per heavy atom. The first-order valence-corrected chi connectivity index (χ1v) is 13.8. The summed E-state index contributed by atoms with van der Waals surface area (Å²) in [6.07, 6.45) is 4.57. The van der Waals surface area contributed by atoms with Crippen LogP contribution in [0.1, 0.15) is 62.3 Å². The smallest absolute Gasteiger partial charge is 0.295 e. The lowest BCUT2D eigenvalue weighted by atomic mass is 9.94. The Morgan fingerprint density at radius 3 is 2.62 bits per heavy atom. The number of benzene rings is 2. The number of likely N-dealkylation sites (tertiary alicyclic amines) is 1. The Kier molecular flexibility index (Phi) is 9.17. The first-order chi connectivity index (χ1) is 18.7. The van der Waals surface area contributed by atoms with E-state index >= 15 is 0 Å². The Hall–Kier alpha value is -3.52. The number of Topliss-reactive ketones (excluding diaryl/α,β-unsaturated/α-hetero) is 1. The number of nitrogens with zero attached hydrogens (tertiary/aromatic N) is 2. The van der Waals surface area contributed by atoms with Crippen molar-refractivity contribution in [1.29, 1.82) is 0 Å². The quantitative estimate of drug-likeness (QED) is 0.178. The predicted molar refractivity (Wildman–Crippen MR) is 150 cm³/mol. The average molecular weight is 537 g/mol. The topological polar surface area (TPSA) is 88.5 Å². The van der Waals surface area contributed by atoms with Gasteiger partial charge >= 0.3 is 0 Å². The van der Waals surface area contributed by atoms with Gasteiger partial charge in [-0.3, -0.25) is 9.59 Å². The number of ether oxygens (including phenoxy) is 3. The molecule has 1 saturated heterocycles. The van der Waals surface area contributed by atoms with Gasteiger partial charge in [-0.2, -0.15) is 0 Å². The number of rotatable bonds is 12. The second-order valence-corrected chi connectivity index (χ2v) is 10.6. The highest BCUT2D eigenvalue weighted by molar-refractivity contribution is 6.46. The van der Waals surface area contributed by atoms with E-state index in [-0.39, 0.29) is 17.4 Å². The highest BCUT2D eigenvalue weighted by atomic mass is 16.5. The second-order valence-electron chi connectivity index (χ2n) is 10.6. The number of methoxy groups -OCH3 is 1. The van der Waals surface area contributed by atoms with E-state index in [0.29, 0.717) is 42.2 Å². The molecule has 1 N–H and O–H groups in total. The van der Waals surface area contributed by atoms with Gasteiger partial charge < -0.3 is 29.1 Å². The van der Waals surface area contributed by atoms with E-state index < -0.39 is 17.7 Å². The molecule has 2 heterocycles. The molecule has 0 aromatic heterocycles. The van der Waals surface area contributed by atoms with E-state index in [1.807, 2.05) is 50.2 Å².